The van der Waals surface area contributed by atoms with E-state index in [0.29, 0.717) is 16.7 Å². The first-order valence-corrected chi connectivity index (χ1v) is 5.63. The molecule has 0 heterocycles. The molecule has 94 valence electrons. The number of halogens is 3. The van der Waals surface area contributed by atoms with Gasteiger partial charge >= 0.3 is 6.18 Å². The van der Waals surface area contributed by atoms with Crippen LogP contribution >= 0.6 is 0 Å². The van der Waals surface area contributed by atoms with E-state index in [1.54, 1.807) is 50.2 Å². The molecule has 0 aliphatic carbocycles. The number of hydrogen-bond donors (Lipinski definition) is 0. The molecule has 18 heavy (non-hydrogen) atoms. The molecule has 0 nitrogen and oxygen atoms in total. The van der Waals surface area contributed by atoms with Crippen LogP contribution in [-0.2, 0) is 6.18 Å². The third kappa shape index (κ3) is 2.40. The summed E-state index contributed by atoms with van der Waals surface area (Å²) in [6.07, 6.45) is -4.33. The number of benzene rings is 2. The Labute approximate surface area is 104 Å². The van der Waals surface area contributed by atoms with Gasteiger partial charge in [0, 0.05) is 0 Å². The maximum atomic E-state index is 13.1. The van der Waals surface area contributed by atoms with Crippen LogP contribution in [0.15, 0.2) is 42.5 Å². The number of aryl methyl sites for hydroxylation is 2. The number of alkyl halides is 3. The fraction of sp³-hybridized carbons (Fsp3) is 0.200. The first kappa shape index (κ1) is 12.7. The maximum Gasteiger partial charge on any atom is 0.417 e. The highest BCUT2D eigenvalue weighted by Gasteiger charge is 2.34. The standard InChI is InChI=1S/C15H13F3/c1-10-8-11(2)14(12-6-4-3-5-7-12)13(9-10)15(16,17)18/h3-9H,1-2H3. The fourth-order valence-corrected chi connectivity index (χ4v) is 2.18. The Kier molecular flexibility index (Phi) is 3.16. The molecule has 0 bridgehead atoms. The Balaban J connectivity index is 2.74. The second kappa shape index (κ2) is 4.48. The summed E-state index contributed by atoms with van der Waals surface area (Å²) < 4.78 is 39.3. The second-order valence-corrected chi connectivity index (χ2v) is 4.37. The summed E-state index contributed by atoms with van der Waals surface area (Å²) in [5, 5.41) is 0. The Morgan fingerprint density at radius 3 is 2.06 bits per heavy atom. The first-order valence-electron chi connectivity index (χ1n) is 5.63. The zero-order chi connectivity index (χ0) is 13.3. The summed E-state index contributed by atoms with van der Waals surface area (Å²) in [6.45, 7) is 3.39. The van der Waals surface area contributed by atoms with Crippen LogP contribution in [0.1, 0.15) is 16.7 Å². The zero-order valence-corrected chi connectivity index (χ0v) is 10.2. The van der Waals surface area contributed by atoms with Gasteiger partial charge in [0.2, 0.25) is 0 Å². The van der Waals surface area contributed by atoms with Crippen LogP contribution in [0.2, 0.25) is 0 Å². The quantitative estimate of drug-likeness (QED) is 0.669. The predicted molar refractivity (Wildman–Crippen MR) is 66.4 cm³/mol. The molecule has 0 fully saturated rings. The second-order valence-electron chi connectivity index (χ2n) is 4.37. The van der Waals surface area contributed by atoms with Gasteiger partial charge in [-0.1, -0.05) is 42.0 Å². The van der Waals surface area contributed by atoms with E-state index >= 15 is 0 Å². The Hall–Kier alpha value is -1.77. The fourth-order valence-electron chi connectivity index (χ4n) is 2.18. The van der Waals surface area contributed by atoms with E-state index < -0.39 is 11.7 Å². The molecule has 0 N–H and O–H groups in total. The van der Waals surface area contributed by atoms with E-state index in [9.17, 15) is 13.2 Å². The Bertz CT molecular complexity index is 554. The van der Waals surface area contributed by atoms with Gasteiger partial charge in [-0.3, -0.25) is 0 Å². The van der Waals surface area contributed by atoms with Crippen LogP contribution in [0, 0.1) is 13.8 Å². The molecule has 0 spiro atoms. The van der Waals surface area contributed by atoms with Crippen LogP contribution in [0.5, 0.6) is 0 Å². The third-order valence-electron chi connectivity index (χ3n) is 2.85. The lowest BCUT2D eigenvalue weighted by Gasteiger charge is -2.16. The highest BCUT2D eigenvalue weighted by atomic mass is 19.4. The topological polar surface area (TPSA) is 0 Å². The lowest BCUT2D eigenvalue weighted by atomic mass is 9.93. The van der Waals surface area contributed by atoms with Crippen molar-refractivity contribution < 1.29 is 13.2 Å². The minimum atomic E-state index is -4.33. The minimum absolute atomic E-state index is 0.272. The number of rotatable bonds is 1. The normalized spacial score (nSPS) is 11.6. The molecule has 0 saturated carbocycles. The van der Waals surface area contributed by atoms with Crippen LogP contribution in [0.25, 0.3) is 11.1 Å². The van der Waals surface area contributed by atoms with Gasteiger partial charge in [-0.05, 0) is 36.6 Å². The summed E-state index contributed by atoms with van der Waals surface area (Å²) in [5.41, 5.74) is 1.58. The van der Waals surface area contributed by atoms with Gasteiger partial charge in [-0.15, -0.1) is 0 Å². The van der Waals surface area contributed by atoms with Gasteiger partial charge in [0.1, 0.15) is 0 Å². The van der Waals surface area contributed by atoms with Gasteiger partial charge in [-0.25, -0.2) is 0 Å². The minimum Gasteiger partial charge on any atom is -0.166 e. The maximum absolute atomic E-state index is 13.1. The highest BCUT2D eigenvalue weighted by molar-refractivity contribution is 5.72. The van der Waals surface area contributed by atoms with E-state index in [1.165, 1.54) is 6.07 Å². The van der Waals surface area contributed by atoms with Crippen molar-refractivity contribution in [1.82, 2.24) is 0 Å². The van der Waals surface area contributed by atoms with Gasteiger partial charge in [0.25, 0.3) is 0 Å². The summed E-state index contributed by atoms with van der Waals surface area (Å²) in [4.78, 5) is 0. The van der Waals surface area contributed by atoms with Crippen LogP contribution in [0.4, 0.5) is 13.2 Å². The molecule has 0 amide bonds. The van der Waals surface area contributed by atoms with Crippen molar-refractivity contribution in [2.24, 2.45) is 0 Å². The molecule has 0 aliphatic heterocycles. The van der Waals surface area contributed by atoms with Gasteiger partial charge < -0.3 is 0 Å². The smallest absolute Gasteiger partial charge is 0.166 e. The Morgan fingerprint density at radius 2 is 1.50 bits per heavy atom. The first-order chi connectivity index (χ1) is 8.39. The molecule has 2 aromatic carbocycles. The lowest BCUT2D eigenvalue weighted by Crippen LogP contribution is -2.09. The van der Waals surface area contributed by atoms with Crippen LogP contribution < -0.4 is 0 Å². The van der Waals surface area contributed by atoms with Gasteiger partial charge in [-0.2, -0.15) is 13.2 Å². The lowest BCUT2D eigenvalue weighted by molar-refractivity contribution is -0.137. The molecule has 2 rings (SSSR count). The molecule has 0 saturated heterocycles. The molecular formula is C15H13F3. The molecule has 2 aromatic rings. The van der Waals surface area contributed by atoms with Crippen molar-refractivity contribution >= 4 is 0 Å². The Morgan fingerprint density at radius 1 is 0.889 bits per heavy atom. The molecule has 0 unspecified atom stereocenters. The monoisotopic (exact) mass is 250 g/mol. The summed E-state index contributed by atoms with van der Waals surface area (Å²) in [5.74, 6) is 0. The van der Waals surface area contributed by atoms with Crippen molar-refractivity contribution in [2.45, 2.75) is 20.0 Å². The molecule has 0 atom stereocenters. The SMILES string of the molecule is Cc1cc(C)c(-c2ccccc2)c(C(F)(F)F)c1. The largest absolute Gasteiger partial charge is 0.417 e. The predicted octanol–water partition coefficient (Wildman–Crippen LogP) is 4.99. The summed E-state index contributed by atoms with van der Waals surface area (Å²) in [6, 6.07) is 11.7. The zero-order valence-electron chi connectivity index (χ0n) is 10.2. The molecule has 0 aromatic heterocycles. The molecule has 3 heteroatoms. The molecule has 0 aliphatic rings. The van der Waals surface area contributed by atoms with E-state index in [0.717, 1.165) is 0 Å². The van der Waals surface area contributed by atoms with Crippen LogP contribution in [-0.4, -0.2) is 0 Å². The van der Waals surface area contributed by atoms with Crippen molar-refractivity contribution in [2.75, 3.05) is 0 Å². The summed E-state index contributed by atoms with van der Waals surface area (Å²) >= 11 is 0. The van der Waals surface area contributed by atoms with Crippen molar-refractivity contribution in [1.29, 1.82) is 0 Å². The van der Waals surface area contributed by atoms with Crippen LogP contribution in [0.3, 0.4) is 0 Å². The van der Waals surface area contributed by atoms with Crippen molar-refractivity contribution in [3.8, 4) is 11.1 Å². The average molecular weight is 250 g/mol. The van der Waals surface area contributed by atoms with E-state index in [2.05, 4.69) is 0 Å². The average Bonchev–Trinajstić information content (AvgIpc) is 2.28. The summed E-state index contributed by atoms with van der Waals surface area (Å²) in [7, 11) is 0. The molecule has 0 radical (unpaired) electrons. The number of hydrogen-bond acceptors (Lipinski definition) is 0. The highest BCUT2D eigenvalue weighted by Crippen LogP contribution is 2.39. The third-order valence-corrected chi connectivity index (χ3v) is 2.85. The molecular weight excluding hydrogens is 237 g/mol. The van der Waals surface area contributed by atoms with Crippen molar-refractivity contribution in [3.05, 3.63) is 59.2 Å². The van der Waals surface area contributed by atoms with E-state index in [1.807, 2.05) is 0 Å². The van der Waals surface area contributed by atoms with E-state index in [4.69, 9.17) is 0 Å². The van der Waals surface area contributed by atoms with Gasteiger partial charge in [0.15, 0.2) is 0 Å². The van der Waals surface area contributed by atoms with E-state index in [-0.39, 0.29) is 5.56 Å². The van der Waals surface area contributed by atoms with Gasteiger partial charge in [0.05, 0.1) is 5.56 Å². The van der Waals surface area contributed by atoms with Crippen molar-refractivity contribution in [3.63, 3.8) is 0 Å².